The second kappa shape index (κ2) is 28.0. The molecule has 0 unspecified atom stereocenters. The van der Waals surface area contributed by atoms with Gasteiger partial charge in [0.2, 0.25) is 0 Å². The Morgan fingerprint density at radius 3 is 1.59 bits per heavy atom. The molecule has 8 N–H and O–H groups in total. The minimum absolute atomic E-state index is 0. The Labute approximate surface area is 338 Å². The number of nitrogens with zero attached hydrogens (tertiary/aromatic N) is 3. The van der Waals surface area contributed by atoms with Crippen LogP contribution in [-0.4, -0.2) is 78.8 Å². The lowest BCUT2D eigenvalue weighted by molar-refractivity contribution is 0.111. The van der Waals surface area contributed by atoms with Crippen LogP contribution < -0.4 is 25.9 Å². The van der Waals surface area contributed by atoms with Crippen LogP contribution in [0.1, 0.15) is 30.6 Å². The number of rotatable bonds is 9. The summed E-state index contributed by atoms with van der Waals surface area (Å²) in [5, 5.41) is 35.6. The molecule has 292 valence electrons. The van der Waals surface area contributed by atoms with Crippen LogP contribution in [0.4, 0.5) is 4.39 Å². The van der Waals surface area contributed by atoms with Crippen LogP contribution in [0.25, 0.3) is 32.7 Å². The summed E-state index contributed by atoms with van der Waals surface area (Å²) in [6.07, 6.45) is 8.01. The van der Waals surface area contributed by atoms with Gasteiger partial charge in [-0.2, -0.15) is 15.3 Å². The predicted octanol–water partition coefficient (Wildman–Crippen LogP) is 8.83. The fourth-order valence-corrected chi connectivity index (χ4v) is 5.54. The van der Waals surface area contributed by atoms with E-state index in [1.165, 1.54) is 31.7 Å². The number of phenols is 1. The molecular formula is C37H46Br3FN8O5. The molecule has 0 atom stereocenters. The van der Waals surface area contributed by atoms with Gasteiger partial charge in [0.15, 0.2) is 6.29 Å². The number of hydrogen-bond donors (Lipinski definition) is 6. The van der Waals surface area contributed by atoms with Gasteiger partial charge in [-0.05, 0) is 61.4 Å². The number of hydrogen-bond acceptors (Lipinski definition) is 10. The average Bonchev–Trinajstić information content (AvgIpc) is 3.98. The highest BCUT2D eigenvalue weighted by molar-refractivity contribution is 9.09. The second-order valence-corrected chi connectivity index (χ2v) is 12.6. The smallest absolute Gasteiger partial charge is 0.152 e. The maximum Gasteiger partial charge on any atom is 0.152 e. The van der Waals surface area contributed by atoms with Gasteiger partial charge in [0, 0.05) is 56.4 Å². The van der Waals surface area contributed by atoms with Crippen LogP contribution in [0, 0.1) is 5.82 Å². The molecule has 13 nitrogen and oxygen atoms in total. The maximum atomic E-state index is 12.7. The lowest BCUT2D eigenvalue weighted by Crippen LogP contribution is -2.02. The first-order valence-electron chi connectivity index (χ1n) is 15.8. The topological polar surface area (TPSA) is 203 Å². The van der Waals surface area contributed by atoms with E-state index >= 15 is 0 Å². The van der Waals surface area contributed by atoms with Crippen LogP contribution in [0.2, 0.25) is 0 Å². The number of aromatic amines is 3. The average molecular weight is 942 g/mol. The zero-order valence-corrected chi connectivity index (χ0v) is 33.8. The van der Waals surface area contributed by atoms with Crippen molar-refractivity contribution in [2.75, 3.05) is 36.8 Å². The second-order valence-electron chi connectivity index (χ2n) is 10.2. The molecule has 3 heterocycles. The standard InChI is InChI=1S/C10H11BrN2O.C8H7FO2.C8H8N2O.C7H6N2O.C3H6Br2.CH4.H4N2/c11-4-1-5-14-9-3-2-8-7-12-13-10(8)6-9;1-11-7-3-2-6(5-10)8(9)4-7;1-11-7-3-2-6-5-9-10-8(6)4-7;10-6-2-1-5-4-8-9-7(5)3-6;4-2-1-3-5;;1-2/h2-3,6-7H,1,4-5H2,(H,12,13);2-5H,1H3;2-5H,1H3,(H,9,10);1-4,10H,(H,8,9);1-3H2;1H4;1-2H2. The number of fused-ring (bicyclic) bond motifs is 3. The molecule has 4 aromatic carbocycles. The summed E-state index contributed by atoms with van der Waals surface area (Å²) in [5.74, 6) is 9.86. The number of benzene rings is 4. The zero-order valence-electron chi connectivity index (χ0n) is 29.1. The van der Waals surface area contributed by atoms with E-state index < -0.39 is 5.82 Å². The van der Waals surface area contributed by atoms with Gasteiger partial charge in [0.25, 0.3) is 0 Å². The van der Waals surface area contributed by atoms with Crippen molar-refractivity contribution in [3.05, 3.63) is 103 Å². The van der Waals surface area contributed by atoms with E-state index in [0.29, 0.717) is 12.0 Å². The first-order chi connectivity index (χ1) is 25.8. The van der Waals surface area contributed by atoms with Gasteiger partial charge in [-0.3, -0.25) is 31.8 Å². The fourth-order valence-electron chi connectivity index (χ4n) is 4.00. The molecule has 0 saturated carbocycles. The lowest BCUT2D eigenvalue weighted by Gasteiger charge is -2.03. The van der Waals surface area contributed by atoms with Gasteiger partial charge < -0.3 is 19.3 Å². The number of methoxy groups -OCH3 is 2. The largest absolute Gasteiger partial charge is 0.508 e. The molecule has 0 aliphatic heterocycles. The van der Waals surface area contributed by atoms with Gasteiger partial charge >= 0.3 is 0 Å². The highest BCUT2D eigenvalue weighted by atomic mass is 79.9. The number of alkyl halides is 3. The normalized spacial score (nSPS) is 9.56. The maximum absolute atomic E-state index is 12.7. The van der Waals surface area contributed by atoms with Crippen molar-refractivity contribution < 1.29 is 28.5 Å². The van der Waals surface area contributed by atoms with Crippen molar-refractivity contribution in [1.29, 1.82) is 0 Å². The Kier molecular flexibility index (Phi) is 24.6. The number of carbonyl (C=O) groups excluding carboxylic acids is 1. The molecule has 0 aliphatic carbocycles. The monoisotopic (exact) mass is 938 g/mol. The number of ether oxygens (including phenoxy) is 3. The third-order valence-electron chi connectivity index (χ3n) is 6.64. The van der Waals surface area contributed by atoms with E-state index in [9.17, 15) is 9.18 Å². The first kappa shape index (κ1) is 47.5. The number of nitrogens with two attached hydrogens (primary N) is 2. The van der Waals surface area contributed by atoms with Crippen molar-refractivity contribution in [3.8, 4) is 23.0 Å². The van der Waals surface area contributed by atoms with Crippen LogP contribution in [0.15, 0.2) is 91.4 Å². The SMILES string of the molecule is BrCCCBr.BrCCCOc1ccc2cn[nH]c2c1.C.COc1ccc(C=O)c(F)c1.COc1ccc2cn[nH]c2c1.NN.Oc1ccc2cn[nH]c2c1. The van der Waals surface area contributed by atoms with E-state index in [0.717, 1.165) is 73.2 Å². The molecule has 0 aliphatic rings. The van der Waals surface area contributed by atoms with Crippen molar-refractivity contribution in [1.82, 2.24) is 30.6 Å². The number of phenolic OH excluding ortho intramolecular Hbond substituents is 1. The number of aldehydes is 1. The summed E-state index contributed by atoms with van der Waals surface area (Å²) in [7, 11) is 3.09. The molecule has 7 aromatic rings. The van der Waals surface area contributed by atoms with Crippen molar-refractivity contribution in [2.24, 2.45) is 11.7 Å². The van der Waals surface area contributed by atoms with Crippen LogP contribution in [-0.2, 0) is 0 Å². The van der Waals surface area contributed by atoms with E-state index in [2.05, 4.69) is 90.1 Å². The molecule has 3 aromatic heterocycles. The molecule has 0 amide bonds. The Morgan fingerprint density at radius 2 is 1.13 bits per heavy atom. The van der Waals surface area contributed by atoms with Gasteiger partial charge in [0.1, 0.15) is 28.8 Å². The van der Waals surface area contributed by atoms with Gasteiger partial charge in [-0.25, -0.2) is 4.39 Å². The van der Waals surface area contributed by atoms with Crippen LogP contribution in [0.5, 0.6) is 23.0 Å². The molecular weight excluding hydrogens is 895 g/mol. The number of halogens is 4. The van der Waals surface area contributed by atoms with Crippen LogP contribution >= 0.6 is 47.8 Å². The quantitative estimate of drug-likeness (QED) is 0.0267. The van der Waals surface area contributed by atoms with Crippen molar-refractivity contribution in [3.63, 3.8) is 0 Å². The minimum atomic E-state index is -0.556. The van der Waals surface area contributed by atoms with Crippen LogP contribution in [0.3, 0.4) is 0 Å². The first-order valence-corrected chi connectivity index (χ1v) is 19.2. The highest BCUT2D eigenvalue weighted by Crippen LogP contribution is 2.20. The number of nitrogens with one attached hydrogen (secondary N) is 3. The summed E-state index contributed by atoms with van der Waals surface area (Å²) in [6.45, 7) is 0.741. The van der Waals surface area contributed by atoms with E-state index in [1.54, 1.807) is 37.8 Å². The number of aromatic nitrogens is 6. The predicted molar refractivity (Wildman–Crippen MR) is 226 cm³/mol. The third kappa shape index (κ3) is 16.6. The molecule has 54 heavy (non-hydrogen) atoms. The highest BCUT2D eigenvalue weighted by Gasteiger charge is 2.01. The lowest BCUT2D eigenvalue weighted by atomic mass is 10.2. The van der Waals surface area contributed by atoms with Crippen molar-refractivity contribution >= 4 is 86.8 Å². The third-order valence-corrected chi connectivity index (χ3v) is 8.32. The zero-order chi connectivity index (χ0) is 38.8. The van der Waals surface area contributed by atoms with E-state index in [1.807, 2.05) is 42.5 Å². The summed E-state index contributed by atoms with van der Waals surface area (Å²) >= 11 is 9.92. The molecule has 0 fully saturated rings. The Hall–Kier alpha value is -4.55. The van der Waals surface area contributed by atoms with Gasteiger partial charge in [-0.1, -0.05) is 55.2 Å². The molecule has 0 spiro atoms. The summed E-state index contributed by atoms with van der Waals surface area (Å²) in [5.41, 5.74) is 2.93. The number of H-pyrrole nitrogens is 3. The van der Waals surface area contributed by atoms with E-state index in [-0.39, 0.29) is 18.7 Å². The molecule has 7 rings (SSSR count). The molecule has 17 heteroatoms. The van der Waals surface area contributed by atoms with Gasteiger partial charge in [0.05, 0.1) is 61.5 Å². The summed E-state index contributed by atoms with van der Waals surface area (Å²) < 4.78 is 28.1. The number of carbonyl (C=O) groups is 1. The summed E-state index contributed by atoms with van der Waals surface area (Å²) in [4.78, 5) is 10.1. The van der Waals surface area contributed by atoms with E-state index in [4.69, 9.17) is 19.3 Å². The Balaban J connectivity index is 0.000000340. The summed E-state index contributed by atoms with van der Waals surface area (Å²) in [6, 6.07) is 20.9. The fraction of sp³-hybridized carbons (Fsp3) is 0.243. The molecule has 0 bridgehead atoms. The van der Waals surface area contributed by atoms with Gasteiger partial charge in [-0.15, -0.1) is 0 Å². The molecule has 0 saturated heterocycles. The minimum Gasteiger partial charge on any atom is -0.508 e. The number of aromatic hydroxyl groups is 1. The Morgan fingerprint density at radius 1 is 0.685 bits per heavy atom. The Bertz CT molecular complexity index is 2040. The van der Waals surface area contributed by atoms with Crippen molar-refractivity contribution in [2.45, 2.75) is 20.3 Å². The number of hydrazine groups is 1. The molecule has 0 radical (unpaired) electrons.